The maximum Gasteiger partial charge on any atom is 0.337 e. The summed E-state index contributed by atoms with van der Waals surface area (Å²) in [5.41, 5.74) is 1.68. The van der Waals surface area contributed by atoms with Crippen LogP contribution in [0.2, 0.25) is 0 Å². The first-order chi connectivity index (χ1) is 14.6. The second-order valence-corrected chi connectivity index (χ2v) is 6.41. The van der Waals surface area contributed by atoms with Gasteiger partial charge in [-0.05, 0) is 35.9 Å². The van der Waals surface area contributed by atoms with Gasteiger partial charge in [0, 0.05) is 12.0 Å². The number of esters is 1. The van der Waals surface area contributed by atoms with Gasteiger partial charge in [-0.15, -0.1) is 0 Å². The van der Waals surface area contributed by atoms with Crippen LogP contribution in [-0.4, -0.2) is 31.8 Å². The molecule has 156 valence electrons. The van der Waals surface area contributed by atoms with Gasteiger partial charge < -0.3 is 18.9 Å². The topological polar surface area (TPSA) is 86.8 Å². The van der Waals surface area contributed by atoms with E-state index in [1.165, 1.54) is 14.2 Å². The Morgan fingerprint density at radius 3 is 2.43 bits per heavy atom. The molecular weight excluding hydrogens is 386 g/mol. The highest BCUT2D eigenvalue weighted by atomic mass is 16.5. The molecule has 0 amide bonds. The van der Waals surface area contributed by atoms with Crippen LogP contribution in [-0.2, 0) is 17.8 Å². The number of ether oxygens (including phenoxy) is 4. The number of carbonyl (C=O) groups excluding carboxylic acids is 1. The minimum Gasteiger partial charge on any atom is -0.489 e. The van der Waals surface area contributed by atoms with Crippen molar-refractivity contribution in [3.63, 3.8) is 0 Å². The minimum atomic E-state index is -0.471. The molecule has 1 heterocycles. The fourth-order valence-corrected chi connectivity index (χ4v) is 2.79. The van der Waals surface area contributed by atoms with E-state index in [2.05, 4.69) is 4.98 Å². The van der Waals surface area contributed by atoms with Gasteiger partial charge >= 0.3 is 5.97 Å². The Kier molecular flexibility index (Phi) is 7.10. The number of H-pyrrole nitrogens is 1. The van der Waals surface area contributed by atoms with Crippen molar-refractivity contribution < 1.29 is 23.7 Å². The second-order valence-electron chi connectivity index (χ2n) is 6.41. The molecule has 3 rings (SSSR count). The van der Waals surface area contributed by atoms with Crippen molar-refractivity contribution in [3.05, 3.63) is 87.7 Å². The number of pyridine rings is 1. The van der Waals surface area contributed by atoms with Crippen LogP contribution in [0.1, 0.15) is 21.5 Å². The normalized spacial score (nSPS) is 10.3. The van der Waals surface area contributed by atoms with Gasteiger partial charge in [-0.3, -0.25) is 9.78 Å². The Bertz CT molecular complexity index is 1050. The molecule has 1 N–H and O–H groups in total. The fourth-order valence-electron chi connectivity index (χ4n) is 2.79. The summed E-state index contributed by atoms with van der Waals surface area (Å²) in [4.78, 5) is 26.6. The number of benzene rings is 2. The van der Waals surface area contributed by atoms with E-state index in [0.717, 1.165) is 5.56 Å². The van der Waals surface area contributed by atoms with Crippen LogP contribution in [0.5, 0.6) is 17.4 Å². The number of rotatable bonds is 9. The summed E-state index contributed by atoms with van der Waals surface area (Å²) in [5.74, 6) is 0.821. The summed E-state index contributed by atoms with van der Waals surface area (Å²) in [7, 11) is 2.80. The molecular formula is C23H23NO6. The van der Waals surface area contributed by atoms with E-state index >= 15 is 0 Å². The molecule has 2 aromatic carbocycles. The van der Waals surface area contributed by atoms with Crippen LogP contribution in [0.15, 0.2) is 65.5 Å². The number of carbonyl (C=O) groups is 1. The Morgan fingerprint density at radius 1 is 0.933 bits per heavy atom. The first-order valence-electron chi connectivity index (χ1n) is 9.39. The van der Waals surface area contributed by atoms with E-state index in [9.17, 15) is 9.59 Å². The van der Waals surface area contributed by atoms with Gasteiger partial charge in [0.15, 0.2) is 17.4 Å². The van der Waals surface area contributed by atoms with E-state index in [4.69, 9.17) is 18.9 Å². The first kappa shape index (κ1) is 21.0. The lowest BCUT2D eigenvalue weighted by molar-refractivity contribution is 0.0600. The van der Waals surface area contributed by atoms with Gasteiger partial charge in [-0.2, -0.15) is 0 Å². The third-order valence-corrected chi connectivity index (χ3v) is 4.42. The zero-order valence-corrected chi connectivity index (χ0v) is 16.8. The van der Waals surface area contributed by atoms with Crippen molar-refractivity contribution in [2.24, 2.45) is 0 Å². The quantitative estimate of drug-likeness (QED) is 0.546. The van der Waals surface area contributed by atoms with Crippen LogP contribution in [0.3, 0.4) is 0 Å². The number of nitrogens with one attached hydrogen (secondary N) is 1. The zero-order chi connectivity index (χ0) is 21.3. The lowest BCUT2D eigenvalue weighted by Crippen LogP contribution is -2.16. The molecule has 0 aliphatic rings. The SMILES string of the molecule is COC(=O)c1ccc(OCc2ccccc2)c(OCCc2ccc(OC)[nH]c2=O)c1. The van der Waals surface area contributed by atoms with Crippen molar-refractivity contribution in [1.29, 1.82) is 0 Å². The minimum absolute atomic E-state index is 0.224. The smallest absolute Gasteiger partial charge is 0.337 e. The van der Waals surface area contributed by atoms with E-state index in [-0.39, 0.29) is 12.2 Å². The van der Waals surface area contributed by atoms with Crippen LogP contribution in [0.4, 0.5) is 0 Å². The van der Waals surface area contributed by atoms with Gasteiger partial charge in [-0.1, -0.05) is 30.3 Å². The Hall–Kier alpha value is -3.74. The molecule has 0 fully saturated rings. The van der Waals surface area contributed by atoms with Crippen molar-refractivity contribution >= 4 is 5.97 Å². The van der Waals surface area contributed by atoms with E-state index in [1.54, 1.807) is 30.3 Å². The van der Waals surface area contributed by atoms with Gasteiger partial charge in [0.2, 0.25) is 0 Å². The largest absolute Gasteiger partial charge is 0.489 e. The lowest BCUT2D eigenvalue weighted by atomic mass is 10.2. The number of hydrogen-bond acceptors (Lipinski definition) is 6. The molecule has 7 heteroatoms. The summed E-state index contributed by atoms with van der Waals surface area (Å²) in [5, 5.41) is 0. The van der Waals surface area contributed by atoms with E-state index < -0.39 is 5.97 Å². The molecule has 0 atom stereocenters. The molecule has 7 nitrogen and oxygen atoms in total. The van der Waals surface area contributed by atoms with Gasteiger partial charge in [0.25, 0.3) is 5.56 Å². The van der Waals surface area contributed by atoms with Crippen LogP contribution in [0, 0.1) is 0 Å². The molecule has 3 aromatic rings. The van der Waals surface area contributed by atoms with Crippen molar-refractivity contribution in [3.8, 4) is 17.4 Å². The highest BCUT2D eigenvalue weighted by Gasteiger charge is 2.13. The molecule has 0 aliphatic carbocycles. The predicted molar refractivity (Wildman–Crippen MR) is 111 cm³/mol. The number of methoxy groups -OCH3 is 2. The predicted octanol–water partition coefficient (Wildman–Crippen LogP) is 3.37. The van der Waals surface area contributed by atoms with Crippen molar-refractivity contribution in [1.82, 2.24) is 4.98 Å². The van der Waals surface area contributed by atoms with Gasteiger partial charge in [0.1, 0.15) is 6.61 Å². The monoisotopic (exact) mass is 409 g/mol. The highest BCUT2D eigenvalue weighted by Crippen LogP contribution is 2.29. The second kappa shape index (κ2) is 10.2. The average Bonchev–Trinajstić information content (AvgIpc) is 2.79. The maximum atomic E-state index is 12.1. The maximum absolute atomic E-state index is 12.1. The molecule has 30 heavy (non-hydrogen) atoms. The summed E-state index contributed by atoms with van der Waals surface area (Å²) < 4.78 is 21.5. The number of hydrogen-bond donors (Lipinski definition) is 1. The third-order valence-electron chi connectivity index (χ3n) is 4.42. The summed E-state index contributed by atoms with van der Waals surface area (Å²) in [6, 6.07) is 18.0. The molecule has 0 unspecified atom stereocenters. The van der Waals surface area contributed by atoms with E-state index in [1.807, 2.05) is 30.3 Å². The van der Waals surface area contributed by atoms with Crippen molar-refractivity contribution in [2.45, 2.75) is 13.0 Å². The summed E-state index contributed by atoms with van der Waals surface area (Å²) in [6.07, 6.45) is 0.375. The molecule has 1 aromatic heterocycles. The summed E-state index contributed by atoms with van der Waals surface area (Å²) >= 11 is 0. The standard InChI is InChI=1S/C23H23NO6/c1-27-21-11-9-17(22(25)24-21)12-13-29-20-14-18(23(26)28-2)8-10-19(20)30-15-16-6-4-3-5-7-16/h3-11,14H,12-13,15H2,1-2H3,(H,24,25). The molecule has 0 aliphatic heterocycles. The zero-order valence-electron chi connectivity index (χ0n) is 16.8. The van der Waals surface area contributed by atoms with Crippen LogP contribution >= 0.6 is 0 Å². The number of aromatic nitrogens is 1. The van der Waals surface area contributed by atoms with Gasteiger partial charge in [-0.25, -0.2) is 4.79 Å². The summed E-state index contributed by atoms with van der Waals surface area (Å²) in [6.45, 7) is 0.578. The van der Waals surface area contributed by atoms with Crippen LogP contribution < -0.4 is 19.8 Å². The molecule has 0 bridgehead atoms. The number of aromatic amines is 1. The molecule has 0 saturated heterocycles. The van der Waals surface area contributed by atoms with Gasteiger partial charge in [0.05, 0.1) is 26.4 Å². The Morgan fingerprint density at radius 2 is 1.73 bits per heavy atom. The molecule has 0 radical (unpaired) electrons. The Labute approximate surface area is 174 Å². The third kappa shape index (κ3) is 5.41. The van der Waals surface area contributed by atoms with Crippen LogP contribution in [0.25, 0.3) is 0 Å². The lowest BCUT2D eigenvalue weighted by Gasteiger charge is -2.14. The van der Waals surface area contributed by atoms with E-state index in [0.29, 0.717) is 41.5 Å². The average molecular weight is 409 g/mol. The first-order valence-corrected chi connectivity index (χ1v) is 9.39. The molecule has 0 saturated carbocycles. The highest BCUT2D eigenvalue weighted by molar-refractivity contribution is 5.90. The van der Waals surface area contributed by atoms with Crippen molar-refractivity contribution in [2.75, 3.05) is 20.8 Å². The fraction of sp³-hybridized carbons (Fsp3) is 0.217. The Balaban J connectivity index is 1.73. The molecule has 0 spiro atoms.